The van der Waals surface area contributed by atoms with Gasteiger partial charge in [0.05, 0.1) is 35.0 Å². The third-order valence-electron chi connectivity index (χ3n) is 7.05. The van der Waals surface area contributed by atoms with Gasteiger partial charge in [-0.05, 0) is 67.3 Å². The zero-order valence-electron chi connectivity index (χ0n) is 23.0. The van der Waals surface area contributed by atoms with Crippen LogP contribution in [0.4, 0.5) is 55.8 Å². The SMILES string of the molecule is CCOC(=O)N1c2ccc(C(F)(F)F)cc2[C@@H](Nc2[nH]c(=O)ncc2Cc2cc(C(F)(F)F)cc(C(F)(F)F)c2)C[C@H]1CC. The molecule has 1 amide bonds. The Morgan fingerprint density at radius 3 is 2.11 bits per heavy atom. The summed E-state index contributed by atoms with van der Waals surface area (Å²) in [6, 6.07) is 2.18. The summed E-state index contributed by atoms with van der Waals surface area (Å²) in [6.45, 7) is 3.29. The van der Waals surface area contributed by atoms with Crippen LogP contribution < -0.4 is 15.9 Å². The van der Waals surface area contributed by atoms with Crippen molar-refractivity contribution in [2.24, 2.45) is 0 Å². The number of H-pyrrole nitrogens is 1. The first-order chi connectivity index (χ1) is 20.4. The van der Waals surface area contributed by atoms with E-state index in [1.54, 1.807) is 13.8 Å². The van der Waals surface area contributed by atoms with Crippen LogP contribution in [0, 0.1) is 0 Å². The topological polar surface area (TPSA) is 87.3 Å². The molecule has 0 unspecified atom stereocenters. The zero-order valence-corrected chi connectivity index (χ0v) is 23.0. The summed E-state index contributed by atoms with van der Waals surface area (Å²) >= 11 is 0. The predicted molar refractivity (Wildman–Crippen MR) is 140 cm³/mol. The highest BCUT2D eigenvalue weighted by atomic mass is 19.4. The molecular weight excluding hydrogens is 611 g/mol. The van der Waals surface area contributed by atoms with Gasteiger partial charge in [-0.1, -0.05) is 6.92 Å². The summed E-state index contributed by atoms with van der Waals surface area (Å²) in [5.41, 5.74) is -5.40. The van der Waals surface area contributed by atoms with Crippen LogP contribution >= 0.6 is 0 Å². The fourth-order valence-corrected chi connectivity index (χ4v) is 5.06. The van der Waals surface area contributed by atoms with Crippen LogP contribution in [0.15, 0.2) is 47.4 Å². The highest BCUT2D eigenvalue weighted by Crippen LogP contribution is 2.43. The number of anilines is 2. The van der Waals surface area contributed by atoms with E-state index in [2.05, 4.69) is 15.3 Å². The highest BCUT2D eigenvalue weighted by Gasteiger charge is 2.40. The second-order valence-corrected chi connectivity index (χ2v) is 10.0. The number of aromatic amines is 1. The molecule has 2 heterocycles. The number of halogens is 9. The third kappa shape index (κ3) is 7.10. The summed E-state index contributed by atoms with van der Waals surface area (Å²) in [6.07, 6.45) is -15.0. The second kappa shape index (κ2) is 12.0. The molecule has 0 aliphatic carbocycles. The molecule has 4 rings (SSSR count). The molecule has 0 radical (unpaired) electrons. The molecule has 2 atom stereocenters. The molecule has 44 heavy (non-hydrogen) atoms. The van der Waals surface area contributed by atoms with Gasteiger partial charge in [0, 0.05) is 24.2 Å². The van der Waals surface area contributed by atoms with Crippen LogP contribution in [0.25, 0.3) is 0 Å². The first-order valence-corrected chi connectivity index (χ1v) is 13.2. The van der Waals surface area contributed by atoms with Crippen LogP contribution in [-0.4, -0.2) is 28.7 Å². The van der Waals surface area contributed by atoms with Crippen LogP contribution in [0.2, 0.25) is 0 Å². The average Bonchev–Trinajstić information content (AvgIpc) is 2.92. The Hall–Kier alpha value is -4.24. The molecule has 238 valence electrons. The predicted octanol–water partition coefficient (Wildman–Crippen LogP) is 7.72. The molecule has 2 N–H and O–H groups in total. The largest absolute Gasteiger partial charge is 0.449 e. The monoisotopic (exact) mass is 636 g/mol. The fraction of sp³-hybridized carbons (Fsp3) is 0.393. The Labute approximate surface area is 244 Å². The van der Waals surface area contributed by atoms with Crippen molar-refractivity contribution < 1.29 is 49.0 Å². The third-order valence-corrected chi connectivity index (χ3v) is 7.05. The number of nitrogens with zero attached hydrogens (tertiary/aromatic N) is 2. The van der Waals surface area contributed by atoms with E-state index < -0.39 is 71.1 Å². The summed E-state index contributed by atoms with van der Waals surface area (Å²) in [7, 11) is 0. The minimum atomic E-state index is -5.09. The fourth-order valence-electron chi connectivity index (χ4n) is 5.06. The first kappa shape index (κ1) is 32.7. The number of benzene rings is 2. The van der Waals surface area contributed by atoms with Crippen molar-refractivity contribution in [3.05, 3.63) is 86.5 Å². The maximum absolute atomic E-state index is 13.7. The lowest BCUT2D eigenvalue weighted by Gasteiger charge is -2.40. The maximum atomic E-state index is 13.7. The van der Waals surface area contributed by atoms with Gasteiger partial charge in [-0.15, -0.1) is 0 Å². The van der Waals surface area contributed by atoms with Gasteiger partial charge in [-0.25, -0.2) is 14.6 Å². The number of aromatic nitrogens is 2. The van der Waals surface area contributed by atoms with E-state index in [0.29, 0.717) is 18.6 Å². The molecular formula is C28H25F9N4O3. The van der Waals surface area contributed by atoms with Crippen LogP contribution in [0.5, 0.6) is 0 Å². The Bertz CT molecular complexity index is 1550. The molecule has 1 aliphatic rings. The molecule has 0 bridgehead atoms. The van der Waals surface area contributed by atoms with E-state index in [0.717, 1.165) is 24.4 Å². The van der Waals surface area contributed by atoms with Crippen LogP contribution in [0.1, 0.15) is 66.1 Å². The lowest BCUT2D eigenvalue weighted by molar-refractivity contribution is -0.143. The van der Waals surface area contributed by atoms with E-state index in [-0.39, 0.29) is 41.7 Å². The van der Waals surface area contributed by atoms with Gasteiger partial charge >= 0.3 is 30.3 Å². The second-order valence-electron chi connectivity index (χ2n) is 10.0. The number of hydrogen-bond donors (Lipinski definition) is 2. The Kier molecular flexibility index (Phi) is 8.94. The summed E-state index contributed by atoms with van der Waals surface area (Å²) < 4.78 is 127. The van der Waals surface area contributed by atoms with E-state index >= 15 is 0 Å². The van der Waals surface area contributed by atoms with Crippen LogP contribution in [0.3, 0.4) is 0 Å². The lowest BCUT2D eigenvalue weighted by atomic mass is 9.88. The number of fused-ring (bicyclic) bond motifs is 1. The van der Waals surface area contributed by atoms with Gasteiger partial charge < -0.3 is 10.1 Å². The first-order valence-electron chi connectivity index (χ1n) is 13.2. The van der Waals surface area contributed by atoms with Gasteiger partial charge in [-0.2, -0.15) is 39.5 Å². The summed E-state index contributed by atoms with van der Waals surface area (Å²) in [5, 5.41) is 2.90. The Morgan fingerprint density at radius 2 is 1.57 bits per heavy atom. The number of hydrogen-bond acceptors (Lipinski definition) is 5. The highest BCUT2D eigenvalue weighted by molar-refractivity contribution is 5.90. The lowest BCUT2D eigenvalue weighted by Crippen LogP contribution is -2.46. The number of nitrogens with one attached hydrogen (secondary N) is 2. The normalized spacial score (nSPS) is 17.3. The quantitative estimate of drug-likeness (QED) is 0.271. The van der Waals surface area contributed by atoms with Crippen molar-refractivity contribution in [2.45, 2.75) is 63.7 Å². The number of alkyl halides is 9. The maximum Gasteiger partial charge on any atom is 0.416 e. The average molecular weight is 637 g/mol. The van der Waals surface area contributed by atoms with Gasteiger partial charge in [0.15, 0.2) is 0 Å². The molecule has 3 aromatic rings. The molecule has 1 aromatic heterocycles. The molecule has 2 aromatic carbocycles. The molecule has 16 heteroatoms. The number of carbonyl (C=O) groups excluding carboxylic acids is 1. The van der Waals surface area contributed by atoms with E-state index in [1.165, 1.54) is 4.90 Å². The number of rotatable bonds is 6. The van der Waals surface area contributed by atoms with Crippen molar-refractivity contribution in [2.75, 3.05) is 16.8 Å². The minimum absolute atomic E-state index is 0.000356. The molecule has 7 nitrogen and oxygen atoms in total. The summed E-state index contributed by atoms with van der Waals surface area (Å²) in [5.74, 6) is -0.177. The van der Waals surface area contributed by atoms with Crippen molar-refractivity contribution in [3.8, 4) is 0 Å². The molecule has 0 fully saturated rings. The molecule has 1 aliphatic heterocycles. The summed E-state index contributed by atoms with van der Waals surface area (Å²) in [4.78, 5) is 32.1. The minimum Gasteiger partial charge on any atom is -0.449 e. The Morgan fingerprint density at radius 1 is 0.955 bits per heavy atom. The zero-order chi connectivity index (χ0) is 32.6. The van der Waals surface area contributed by atoms with Crippen molar-refractivity contribution >= 4 is 17.6 Å². The smallest absolute Gasteiger partial charge is 0.416 e. The standard InChI is InChI=1S/C28H25F9N4O3/c1-3-19-12-21(20-11-16(26(29,30)31)5-6-22(20)41(19)25(43)44-4-2)39-23-15(13-38-24(42)40-23)7-14-8-17(27(32,33)34)10-18(9-14)28(35,36)37/h5-6,8-11,13,19,21H,3-4,7,12H2,1-2H3,(H2,38,39,40,42)/t19-,21+/m1/s1. The Balaban J connectivity index is 1.80. The van der Waals surface area contributed by atoms with Crippen LogP contribution in [-0.2, 0) is 29.7 Å². The molecule has 0 saturated carbocycles. The van der Waals surface area contributed by atoms with Crippen molar-refractivity contribution in [3.63, 3.8) is 0 Å². The molecule has 0 saturated heterocycles. The van der Waals surface area contributed by atoms with E-state index in [4.69, 9.17) is 4.74 Å². The number of ether oxygens (including phenoxy) is 1. The number of amides is 1. The molecule has 0 spiro atoms. The van der Waals surface area contributed by atoms with Crippen molar-refractivity contribution in [1.29, 1.82) is 0 Å². The number of carbonyl (C=O) groups is 1. The van der Waals surface area contributed by atoms with E-state index in [1.807, 2.05) is 0 Å². The van der Waals surface area contributed by atoms with Crippen molar-refractivity contribution in [1.82, 2.24) is 9.97 Å². The van der Waals surface area contributed by atoms with Gasteiger partial charge in [-0.3, -0.25) is 9.88 Å². The van der Waals surface area contributed by atoms with Gasteiger partial charge in [0.25, 0.3) is 0 Å². The van der Waals surface area contributed by atoms with Gasteiger partial charge in [0.2, 0.25) is 0 Å². The van der Waals surface area contributed by atoms with Gasteiger partial charge in [0.1, 0.15) is 5.82 Å². The van der Waals surface area contributed by atoms with E-state index in [9.17, 15) is 49.1 Å².